The number of phosphoric ester groups is 1. The highest BCUT2D eigenvalue weighted by molar-refractivity contribution is 7.47. The van der Waals surface area contributed by atoms with Crippen LogP contribution in [0.15, 0.2) is 60.8 Å². The fraction of sp³-hybridized carbons (Fsp3) is 0.842. The molecule has 0 aliphatic carbocycles. The molecule has 2 unspecified atom stereocenters. The summed E-state index contributed by atoms with van der Waals surface area (Å²) in [7, 11) is 1.49. The molecule has 10 heteroatoms. The molecule has 0 heterocycles. The number of esters is 2. The molecule has 0 aliphatic heterocycles. The molecule has 0 aromatic carbocycles. The van der Waals surface area contributed by atoms with Crippen molar-refractivity contribution in [2.75, 3.05) is 47.5 Å². The summed E-state index contributed by atoms with van der Waals surface area (Å²) in [6.45, 7) is 4.46. The van der Waals surface area contributed by atoms with Crippen molar-refractivity contribution < 1.29 is 42.1 Å². The van der Waals surface area contributed by atoms with Crippen LogP contribution < -0.4 is 0 Å². The maximum absolute atomic E-state index is 12.9. The summed E-state index contributed by atoms with van der Waals surface area (Å²) in [6.07, 6.45) is 89.2. The zero-order chi connectivity index (χ0) is 62.6. The van der Waals surface area contributed by atoms with Crippen LogP contribution >= 0.6 is 7.82 Å². The molecular formula is C76H143NO8P+. The number of hydrogen-bond acceptors (Lipinski definition) is 7. The van der Waals surface area contributed by atoms with Gasteiger partial charge in [0.2, 0.25) is 0 Å². The number of ether oxygens (including phenoxy) is 2. The van der Waals surface area contributed by atoms with E-state index in [2.05, 4.69) is 74.6 Å². The molecule has 9 nitrogen and oxygen atoms in total. The molecule has 0 aromatic rings. The second kappa shape index (κ2) is 67.1. The summed E-state index contributed by atoms with van der Waals surface area (Å²) in [5.74, 6) is -0.783. The van der Waals surface area contributed by atoms with Crippen LogP contribution in [0.25, 0.3) is 0 Å². The van der Waals surface area contributed by atoms with Gasteiger partial charge in [0.05, 0.1) is 27.7 Å². The number of nitrogens with zero attached hydrogens (tertiary/aromatic N) is 1. The van der Waals surface area contributed by atoms with Crippen molar-refractivity contribution in [2.45, 2.75) is 367 Å². The molecule has 0 fully saturated rings. The molecular weight excluding hydrogens is 1090 g/mol. The Morgan fingerprint density at radius 1 is 0.360 bits per heavy atom. The number of carbonyl (C=O) groups excluding carboxylic acids is 2. The quantitative estimate of drug-likeness (QED) is 0.0211. The van der Waals surface area contributed by atoms with Crippen molar-refractivity contribution in [2.24, 2.45) is 0 Å². The number of likely N-dealkylation sites (N-methyl/N-ethyl adjacent to an activating group) is 1. The fourth-order valence-corrected chi connectivity index (χ4v) is 11.6. The van der Waals surface area contributed by atoms with E-state index >= 15 is 0 Å². The largest absolute Gasteiger partial charge is 0.472 e. The Bertz CT molecular complexity index is 1630. The van der Waals surface area contributed by atoms with E-state index in [4.69, 9.17) is 18.5 Å². The molecule has 0 bridgehead atoms. The minimum atomic E-state index is -4.39. The van der Waals surface area contributed by atoms with Gasteiger partial charge in [-0.1, -0.05) is 325 Å². The number of rotatable bonds is 69. The zero-order valence-electron chi connectivity index (χ0n) is 57.6. The molecule has 86 heavy (non-hydrogen) atoms. The molecule has 1 N–H and O–H groups in total. The van der Waals surface area contributed by atoms with Crippen molar-refractivity contribution in [3.05, 3.63) is 60.8 Å². The highest BCUT2D eigenvalue weighted by Crippen LogP contribution is 2.43. The van der Waals surface area contributed by atoms with Crippen LogP contribution in [0.5, 0.6) is 0 Å². The first-order valence-electron chi connectivity index (χ1n) is 37.0. The van der Waals surface area contributed by atoms with Crippen LogP contribution in [0.2, 0.25) is 0 Å². The molecule has 0 aliphatic rings. The summed E-state index contributed by atoms with van der Waals surface area (Å²) in [5, 5.41) is 0. The Kier molecular flexibility index (Phi) is 65.3. The topological polar surface area (TPSA) is 108 Å². The summed E-state index contributed by atoms with van der Waals surface area (Å²) in [5.41, 5.74) is 0. The van der Waals surface area contributed by atoms with E-state index in [1.165, 1.54) is 276 Å². The number of quaternary nitrogens is 1. The van der Waals surface area contributed by atoms with Gasteiger partial charge in [-0.25, -0.2) is 4.57 Å². The molecule has 0 spiro atoms. The van der Waals surface area contributed by atoms with E-state index in [9.17, 15) is 19.0 Å². The van der Waals surface area contributed by atoms with Crippen molar-refractivity contribution >= 4 is 19.8 Å². The van der Waals surface area contributed by atoms with Crippen LogP contribution in [-0.2, 0) is 32.7 Å². The van der Waals surface area contributed by atoms with E-state index in [1.54, 1.807) is 0 Å². The Balaban J connectivity index is 3.93. The van der Waals surface area contributed by atoms with Gasteiger partial charge < -0.3 is 18.9 Å². The lowest BCUT2D eigenvalue weighted by molar-refractivity contribution is -0.870. The van der Waals surface area contributed by atoms with Crippen molar-refractivity contribution in [3.63, 3.8) is 0 Å². The van der Waals surface area contributed by atoms with E-state index in [0.29, 0.717) is 17.4 Å². The van der Waals surface area contributed by atoms with Gasteiger partial charge in [0, 0.05) is 12.8 Å². The molecule has 0 radical (unpaired) electrons. The minimum Gasteiger partial charge on any atom is -0.462 e. The van der Waals surface area contributed by atoms with Gasteiger partial charge in [-0.2, -0.15) is 0 Å². The number of hydrogen-bond donors (Lipinski definition) is 1. The number of carbonyl (C=O) groups is 2. The first-order valence-corrected chi connectivity index (χ1v) is 38.5. The highest BCUT2D eigenvalue weighted by Gasteiger charge is 2.27. The summed E-state index contributed by atoms with van der Waals surface area (Å²) in [6, 6.07) is 0. The molecule has 2 atom stereocenters. The lowest BCUT2D eigenvalue weighted by atomic mass is 10.0. The molecule has 0 aromatic heterocycles. The van der Waals surface area contributed by atoms with Gasteiger partial charge >= 0.3 is 19.8 Å². The molecule has 504 valence electrons. The first-order chi connectivity index (χ1) is 42.0. The Morgan fingerprint density at radius 3 is 0.930 bits per heavy atom. The monoisotopic (exact) mass is 1230 g/mol. The van der Waals surface area contributed by atoms with Gasteiger partial charge in [0.1, 0.15) is 19.8 Å². The van der Waals surface area contributed by atoms with Gasteiger partial charge in [-0.3, -0.25) is 18.6 Å². The number of phosphoric acid groups is 1. The van der Waals surface area contributed by atoms with E-state index in [-0.39, 0.29) is 32.0 Å². The lowest BCUT2D eigenvalue weighted by Gasteiger charge is -2.24. The van der Waals surface area contributed by atoms with Crippen LogP contribution in [0.3, 0.4) is 0 Å². The zero-order valence-corrected chi connectivity index (χ0v) is 58.5. The normalized spacial score (nSPS) is 13.4. The lowest BCUT2D eigenvalue weighted by Crippen LogP contribution is -2.37. The number of unbranched alkanes of at least 4 members (excludes halogenated alkanes) is 45. The second-order valence-electron chi connectivity index (χ2n) is 26.3. The standard InChI is InChI=1S/C76H142NO8P/c1-6-8-10-12-14-16-18-20-22-24-26-28-30-31-32-33-34-35-36-37-38-39-40-41-42-43-44-45-47-49-51-53-55-57-59-61-63-65-67-69-76(79)85-74(73-84-86(80,81)83-71-70-77(3,4)5)72-82-75(78)68-66-64-62-60-58-56-54-52-50-48-46-29-27-25-23-21-19-17-15-13-11-9-7-2/h18-21,24-27,30-31,74H,6-17,22-23,28-29,32-73H2,1-5H3/p+1/b20-18-,21-19-,26-24-,27-25-,31-30-. The van der Waals surface area contributed by atoms with E-state index in [0.717, 1.165) is 51.4 Å². The van der Waals surface area contributed by atoms with Gasteiger partial charge in [0.15, 0.2) is 6.10 Å². The maximum Gasteiger partial charge on any atom is 0.472 e. The second-order valence-corrected chi connectivity index (χ2v) is 27.8. The Labute approximate surface area is 534 Å². The highest BCUT2D eigenvalue weighted by atomic mass is 31.2. The van der Waals surface area contributed by atoms with Crippen LogP contribution in [0, 0.1) is 0 Å². The first kappa shape index (κ1) is 83.7. The third-order valence-electron chi connectivity index (χ3n) is 16.5. The SMILES string of the molecule is CCCCCCC/C=C\C/C=C\C/C=C\CCCCCCCCCCCCCCCCCCCCCCCCCCC(=O)OC(COC(=O)CCCCCCCCCCCCC/C=C\C/C=C\CCCCCCC)COP(=O)(O)OCC[N+](C)(C)C. The minimum absolute atomic E-state index is 0.0325. The Hall–Kier alpha value is -2.29. The van der Waals surface area contributed by atoms with Crippen LogP contribution in [0.4, 0.5) is 0 Å². The van der Waals surface area contributed by atoms with Crippen molar-refractivity contribution in [1.82, 2.24) is 0 Å². The maximum atomic E-state index is 12.9. The predicted octanol–water partition coefficient (Wildman–Crippen LogP) is 24.2. The fourth-order valence-electron chi connectivity index (χ4n) is 10.8. The van der Waals surface area contributed by atoms with Crippen molar-refractivity contribution in [3.8, 4) is 0 Å². The van der Waals surface area contributed by atoms with E-state index < -0.39 is 26.5 Å². The van der Waals surface area contributed by atoms with Crippen molar-refractivity contribution in [1.29, 1.82) is 0 Å². The average molecular weight is 1230 g/mol. The number of allylic oxidation sites excluding steroid dienone is 10. The van der Waals surface area contributed by atoms with Crippen LogP contribution in [0.1, 0.15) is 361 Å². The van der Waals surface area contributed by atoms with Gasteiger partial charge in [-0.05, 0) is 83.5 Å². The van der Waals surface area contributed by atoms with Gasteiger partial charge in [-0.15, -0.1) is 0 Å². The molecule has 0 saturated carbocycles. The summed E-state index contributed by atoms with van der Waals surface area (Å²) in [4.78, 5) is 35.9. The molecule has 0 rings (SSSR count). The molecule has 0 amide bonds. The summed E-state index contributed by atoms with van der Waals surface area (Å²) >= 11 is 0. The molecule has 0 saturated heterocycles. The van der Waals surface area contributed by atoms with E-state index in [1.807, 2.05) is 21.1 Å². The summed E-state index contributed by atoms with van der Waals surface area (Å²) < 4.78 is 34.8. The third-order valence-corrected chi connectivity index (χ3v) is 17.5. The predicted molar refractivity (Wildman–Crippen MR) is 372 cm³/mol. The van der Waals surface area contributed by atoms with Gasteiger partial charge in [0.25, 0.3) is 0 Å². The Morgan fingerprint density at radius 2 is 0.628 bits per heavy atom. The van der Waals surface area contributed by atoms with Crippen LogP contribution in [-0.4, -0.2) is 74.9 Å². The average Bonchev–Trinajstić information content (AvgIpc) is 3.56. The third kappa shape index (κ3) is 70.8. The smallest absolute Gasteiger partial charge is 0.462 e.